The molecule has 2 rings (SSSR count). The molecule has 1 heterocycles. The molecule has 1 aromatic carbocycles. The molecule has 1 atom stereocenters. The zero-order valence-electron chi connectivity index (χ0n) is 10.7. The summed E-state index contributed by atoms with van der Waals surface area (Å²) in [4.78, 5) is 13.5. The van der Waals surface area contributed by atoms with E-state index in [0.29, 0.717) is 5.56 Å². The molecule has 3 N–H and O–H groups in total. The van der Waals surface area contributed by atoms with Gasteiger partial charge in [-0.25, -0.2) is 18.4 Å². The van der Waals surface area contributed by atoms with Crippen molar-refractivity contribution in [2.75, 3.05) is 13.1 Å². The Balaban J connectivity index is 2.10. The van der Waals surface area contributed by atoms with Crippen LogP contribution in [0.3, 0.4) is 0 Å². The second kappa shape index (κ2) is 5.18. The first-order valence-electron chi connectivity index (χ1n) is 6.06. The molecule has 0 saturated carbocycles. The van der Waals surface area contributed by atoms with Crippen molar-refractivity contribution in [3.05, 3.63) is 29.8 Å². The van der Waals surface area contributed by atoms with Crippen LogP contribution in [0, 0.1) is 0 Å². The van der Waals surface area contributed by atoms with Crippen LogP contribution in [0.4, 0.5) is 4.79 Å². The van der Waals surface area contributed by atoms with E-state index < -0.39 is 10.0 Å². The van der Waals surface area contributed by atoms with Crippen LogP contribution < -0.4 is 10.5 Å². The maximum absolute atomic E-state index is 11.8. The summed E-state index contributed by atoms with van der Waals surface area (Å²) < 4.78 is 22.6. The molecule has 0 radical (unpaired) electrons. The van der Waals surface area contributed by atoms with Gasteiger partial charge in [0.1, 0.15) is 0 Å². The van der Waals surface area contributed by atoms with Crippen LogP contribution in [0.2, 0.25) is 0 Å². The molecular formula is C12H17N3O3S. The van der Waals surface area contributed by atoms with Gasteiger partial charge in [0.15, 0.2) is 0 Å². The molecule has 1 fully saturated rings. The molecule has 7 heteroatoms. The normalized spacial score (nSPS) is 16.6. The SMILES string of the molecule is C[C@H](NC(=O)N1CCC1)c1cccc(S(N)(=O)=O)c1. The molecule has 0 bridgehead atoms. The molecule has 19 heavy (non-hydrogen) atoms. The number of likely N-dealkylation sites (tertiary alicyclic amines) is 1. The topological polar surface area (TPSA) is 92.5 Å². The highest BCUT2D eigenvalue weighted by atomic mass is 32.2. The summed E-state index contributed by atoms with van der Waals surface area (Å²) in [6.45, 7) is 3.35. The van der Waals surface area contributed by atoms with Gasteiger partial charge in [0.05, 0.1) is 10.9 Å². The van der Waals surface area contributed by atoms with Crippen molar-refractivity contribution in [3.63, 3.8) is 0 Å². The number of hydrogen-bond acceptors (Lipinski definition) is 3. The van der Waals surface area contributed by atoms with E-state index in [0.717, 1.165) is 19.5 Å². The van der Waals surface area contributed by atoms with E-state index in [4.69, 9.17) is 5.14 Å². The summed E-state index contributed by atoms with van der Waals surface area (Å²) in [5, 5.41) is 7.91. The Labute approximate surface area is 112 Å². The molecule has 0 spiro atoms. The van der Waals surface area contributed by atoms with Crippen molar-refractivity contribution in [3.8, 4) is 0 Å². The average Bonchev–Trinajstić information content (AvgIpc) is 2.25. The van der Waals surface area contributed by atoms with E-state index in [-0.39, 0.29) is 17.0 Å². The van der Waals surface area contributed by atoms with Crippen LogP contribution in [0.25, 0.3) is 0 Å². The van der Waals surface area contributed by atoms with Gasteiger partial charge in [0.2, 0.25) is 10.0 Å². The number of nitrogens with two attached hydrogens (primary N) is 1. The Bertz CT molecular complexity index is 582. The smallest absolute Gasteiger partial charge is 0.317 e. The van der Waals surface area contributed by atoms with Crippen molar-refractivity contribution in [2.24, 2.45) is 5.14 Å². The summed E-state index contributed by atoms with van der Waals surface area (Å²) in [6, 6.07) is 5.89. The minimum absolute atomic E-state index is 0.0510. The standard InChI is InChI=1S/C12H17N3O3S/c1-9(14-12(16)15-6-3-7-15)10-4-2-5-11(8-10)19(13,17)18/h2,4-5,8-9H,3,6-7H2,1H3,(H,14,16)(H2,13,17,18)/t9-/m0/s1. The fraction of sp³-hybridized carbons (Fsp3) is 0.417. The molecule has 1 aliphatic rings. The lowest BCUT2D eigenvalue weighted by atomic mass is 10.1. The third-order valence-corrected chi connectivity index (χ3v) is 4.08. The van der Waals surface area contributed by atoms with Gasteiger partial charge in [-0.15, -0.1) is 0 Å². The van der Waals surface area contributed by atoms with Crippen LogP contribution in [-0.2, 0) is 10.0 Å². The van der Waals surface area contributed by atoms with Crippen LogP contribution in [-0.4, -0.2) is 32.4 Å². The minimum Gasteiger partial charge on any atom is -0.331 e. The molecule has 1 saturated heterocycles. The number of hydrogen-bond donors (Lipinski definition) is 2. The highest BCUT2D eigenvalue weighted by Gasteiger charge is 2.22. The lowest BCUT2D eigenvalue weighted by Crippen LogP contribution is -2.48. The van der Waals surface area contributed by atoms with Gasteiger partial charge in [-0.1, -0.05) is 12.1 Å². The Hall–Kier alpha value is -1.60. The number of sulfonamides is 1. The van der Waals surface area contributed by atoms with E-state index in [1.807, 2.05) is 0 Å². The number of primary sulfonamides is 1. The van der Waals surface area contributed by atoms with Gasteiger partial charge in [-0.3, -0.25) is 0 Å². The molecule has 104 valence electrons. The van der Waals surface area contributed by atoms with Crippen molar-refractivity contribution < 1.29 is 13.2 Å². The van der Waals surface area contributed by atoms with Gasteiger partial charge in [-0.2, -0.15) is 0 Å². The van der Waals surface area contributed by atoms with Crippen LogP contribution in [0.1, 0.15) is 24.9 Å². The van der Waals surface area contributed by atoms with Crippen LogP contribution in [0.15, 0.2) is 29.2 Å². The Morgan fingerprint density at radius 2 is 2.11 bits per heavy atom. The first kappa shape index (κ1) is 13.8. The molecule has 2 amide bonds. The number of carbonyl (C=O) groups excluding carboxylic acids is 1. The Kier molecular flexibility index (Phi) is 3.77. The number of amides is 2. The fourth-order valence-corrected chi connectivity index (χ4v) is 2.41. The lowest BCUT2D eigenvalue weighted by Gasteiger charge is -2.32. The summed E-state index contributed by atoms with van der Waals surface area (Å²) in [5.74, 6) is 0. The molecule has 0 aliphatic carbocycles. The number of benzene rings is 1. The average molecular weight is 283 g/mol. The summed E-state index contributed by atoms with van der Waals surface area (Å²) in [5.41, 5.74) is 0.709. The monoisotopic (exact) mass is 283 g/mol. The Morgan fingerprint density at radius 1 is 1.42 bits per heavy atom. The van der Waals surface area contributed by atoms with Crippen molar-refractivity contribution >= 4 is 16.1 Å². The van der Waals surface area contributed by atoms with E-state index in [1.54, 1.807) is 24.0 Å². The number of rotatable bonds is 3. The zero-order valence-corrected chi connectivity index (χ0v) is 11.5. The highest BCUT2D eigenvalue weighted by Crippen LogP contribution is 2.17. The van der Waals surface area contributed by atoms with E-state index in [9.17, 15) is 13.2 Å². The third kappa shape index (κ3) is 3.24. The maximum Gasteiger partial charge on any atom is 0.317 e. The third-order valence-electron chi connectivity index (χ3n) is 3.17. The van der Waals surface area contributed by atoms with Crippen LogP contribution >= 0.6 is 0 Å². The second-order valence-corrected chi connectivity index (χ2v) is 6.19. The van der Waals surface area contributed by atoms with E-state index in [1.165, 1.54) is 12.1 Å². The fourth-order valence-electron chi connectivity index (χ4n) is 1.84. The number of urea groups is 1. The quantitative estimate of drug-likeness (QED) is 0.859. The second-order valence-electron chi connectivity index (χ2n) is 4.63. The highest BCUT2D eigenvalue weighted by molar-refractivity contribution is 7.89. The predicted molar refractivity (Wildman–Crippen MR) is 71.0 cm³/mol. The zero-order chi connectivity index (χ0) is 14.0. The van der Waals surface area contributed by atoms with Gasteiger partial charge >= 0.3 is 6.03 Å². The summed E-state index contributed by atoms with van der Waals surface area (Å²) in [7, 11) is -3.72. The Morgan fingerprint density at radius 3 is 2.63 bits per heavy atom. The maximum atomic E-state index is 11.8. The molecule has 0 unspecified atom stereocenters. The predicted octanol–water partition coefficient (Wildman–Crippen LogP) is 0.810. The van der Waals surface area contributed by atoms with Crippen molar-refractivity contribution in [1.29, 1.82) is 0 Å². The summed E-state index contributed by atoms with van der Waals surface area (Å²) >= 11 is 0. The largest absolute Gasteiger partial charge is 0.331 e. The van der Waals surface area contributed by atoms with Gasteiger partial charge in [0.25, 0.3) is 0 Å². The van der Waals surface area contributed by atoms with Gasteiger partial charge < -0.3 is 10.2 Å². The van der Waals surface area contributed by atoms with Gasteiger partial charge in [-0.05, 0) is 31.0 Å². The van der Waals surface area contributed by atoms with Crippen LogP contribution in [0.5, 0.6) is 0 Å². The first-order chi connectivity index (χ1) is 8.88. The molecule has 0 aromatic heterocycles. The number of nitrogens with one attached hydrogen (secondary N) is 1. The summed E-state index contributed by atoms with van der Waals surface area (Å²) in [6.07, 6.45) is 1.03. The van der Waals surface area contributed by atoms with E-state index >= 15 is 0 Å². The van der Waals surface area contributed by atoms with Crippen molar-refractivity contribution in [2.45, 2.75) is 24.3 Å². The van der Waals surface area contributed by atoms with Gasteiger partial charge in [0, 0.05) is 13.1 Å². The van der Waals surface area contributed by atoms with Crippen molar-refractivity contribution in [1.82, 2.24) is 10.2 Å². The number of carbonyl (C=O) groups is 1. The lowest BCUT2D eigenvalue weighted by molar-refractivity contribution is 0.164. The molecule has 1 aliphatic heterocycles. The first-order valence-corrected chi connectivity index (χ1v) is 7.61. The number of nitrogens with zero attached hydrogens (tertiary/aromatic N) is 1. The minimum atomic E-state index is -3.72. The van der Waals surface area contributed by atoms with E-state index in [2.05, 4.69) is 5.32 Å². The molecule has 1 aromatic rings. The molecule has 6 nitrogen and oxygen atoms in total. The molecular weight excluding hydrogens is 266 g/mol.